The second kappa shape index (κ2) is 8.30. The normalized spacial score (nSPS) is 13.2. The average molecular weight is 251 g/mol. The first-order valence-corrected chi connectivity index (χ1v) is 7.36. The van der Waals surface area contributed by atoms with Crippen LogP contribution in [0.15, 0.2) is 12.5 Å². The molecule has 0 fully saturated rings. The van der Waals surface area contributed by atoms with E-state index < -0.39 is 0 Å². The summed E-state index contributed by atoms with van der Waals surface area (Å²) in [5.74, 6) is 0.698. The molecule has 1 atom stereocenters. The lowest BCUT2D eigenvalue weighted by Crippen LogP contribution is -2.21. The monoisotopic (exact) mass is 251 g/mol. The number of rotatable bonds is 9. The maximum Gasteiger partial charge on any atom is 0.0951 e. The number of nitrogens with one attached hydrogen (secondary N) is 1. The first-order valence-electron chi connectivity index (χ1n) is 7.36. The molecule has 1 N–H and O–H groups in total. The van der Waals surface area contributed by atoms with E-state index in [4.69, 9.17) is 0 Å². The van der Waals surface area contributed by atoms with Crippen LogP contribution in [0.25, 0.3) is 0 Å². The van der Waals surface area contributed by atoms with E-state index >= 15 is 0 Å². The van der Waals surface area contributed by atoms with E-state index in [2.05, 4.69) is 42.6 Å². The third-order valence-electron chi connectivity index (χ3n) is 3.31. The highest BCUT2D eigenvalue weighted by Crippen LogP contribution is 2.17. The van der Waals surface area contributed by atoms with Crippen LogP contribution in [0.4, 0.5) is 0 Å². The van der Waals surface area contributed by atoms with Gasteiger partial charge in [0.25, 0.3) is 0 Å². The third-order valence-corrected chi connectivity index (χ3v) is 3.31. The summed E-state index contributed by atoms with van der Waals surface area (Å²) in [7, 11) is 0. The molecule has 0 aliphatic heterocycles. The van der Waals surface area contributed by atoms with Gasteiger partial charge in [0, 0.05) is 18.8 Å². The van der Waals surface area contributed by atoms with Crippen molar-refractivity contribution in [1.29, 1.82) is 0 Å². The first kappa shape index (κ1) is 15.2. The predicted octanol–water partition coefficient (Wildman–Crippen LogP) is 3.77. The first-order chi connectivity index (χ1) is 8.65. The van der Waals surface area contributed by atoms with E-state index in [0.29, 0.717) is 12.0 Å². The molecule has 3 nitrogen and oxygen atoms in total. The molecule has 0 saturated carbocycles. The summed E-state index contributed by atoms with van der Waals surface area (Å²) >= 11 is 0. The minimum atomic E-state index is 0.565. The molecule has 18 heavy (non-hydrogen) atoms. The van der Waals surface area contributed by atoms with Gasteiger partial charge in [0.05, 0.1) is 12.0 Å². The lowest BCUT2D eigenvalue weighted by Gasteiger charge is -2.17. The quantitative estimate of drug-likeness (QED) is 0.677. The highest BCUT2D eigenvalue weighted by Gasteiger charge is 2.09. The fourth-order valence-electron chi connectivity index (χ4n) is 2.18. The highest BCUT2D eigenvalue weighted by molar-refractivity contribution is 4.99. The van der Waals surface area contributed by atoms with E-state index in [0.717, 1.165) is 13.1 Å². The molecule has 1 heterocycles. The van der Waals surface area contributed by atoms with Gasteiger partial charge < -0.3 is 9.88 Å². The van der Waals surface area contributed by atoms with Gasteiger partial charge in [-0.2, -0.15) is 0 Å². The van der Waals surface area contributed by atoms with E-state index in [1.165, 1.54) is 31.4 Å². The molecule has 0 aliphatic rings. The Balaban J connectivity index is 2.42. The number of unbranched alkanes of at least 4 members (excludes halogenated alkanes) is 2. The molecule has 1 rings (SSSR count). The van der Waals surface area contributed by atoms with Crippen molar-refractivity contribution in [2.75, 3.05) is 6.54 Å². The van der Waals surface area contributed by atoms with Gasteiger partial charge in [-0.15, -0.1) is 0 Å². The maximum atomic E-state index is 4.29. The zero-order chi connectivity index (χ0) is 13.4. The molecule has 0 amide bonds. The van der Waals surface area contributed by atoms with Crippen LogP contribution in [0.1, 0.15) is 65.1 Å². The molecule has 104 valence electrons. The molecule has 0 spiro atoms. The van der Waals surface area contributed by atoms with Crippen LogP contribution >= 0.6 is 0 Å². The predicted molar refractivity (Wildman–Crippen MR) is 77.6 cm³/mol. The van der Waals surface area contributed by atoms with Crippen molar-refractivity contribution in [2.24, 2.45) is 5.92 Å². The number of hydrogen-bond donors (Lipinski definition) is 1. The van der Waals surface area contributed by atoms with Crippen molar-refractivity contribution in [3.05, 3.63) is 18.2 Å². The molecule has 0 bridgehead atoms. The molecule has 0 radical (unpaired) electrons. The van der Waals surface area contributed by atoms with E-state index in [1.807, 2.05) is 12.5 Å². The second-order valence-electron chi connectivity index (χ2n) is 5.66. The summed E-state index contributed by atoms with van der Waals surface area (Å²) in [6.07, 6.45) is 9.15. The molecular weight excluding hydrogens is 222 g/mol. The molecule has 3 heteroatoms. The lowest BCUT2D eigenvalue weighted by molar-refractivity contribution is 0.453. The Labute approximate surface area is 112 Å². The summed E-state index contributed by atoms with van der Waals surface area (Å²) in [5.41, 5.74) is 1.31. The Morgan fingerprint density at radius 1 is 1.28 bits per heavy atom. The molecule has 0 saturated heterocycles. The van der Waals surface area contributed by atoms with Crippen molar-refractivity contribution in [1.82, 2.24) is 14.9 Å². The SMILES string of the molecule is CCCCCC(C)n1cncc1CNCC(C)C. The largest absolute Gasteiger partial charge is 0.331 e. The van der Waals surface area contributed by atoms with Crippen LogP contribution in [0, 0.1) is 5.92 Å². The lowest BCUT2D eigenvalue weighted by atomic mass is 10.1. The van der Waals surface area contributed by atoms with Gasteiger partial charge in [-0.3, -0.25) is 0 Å². The fraction of sp³-hybridized carbons (Fsp3) is 0.800. The third kappa shape index (κ3) is 5.21. The summed E-state index contributed by atoms with van der Waals surface area (Å²) in [5, 5.41) is 3.49. The summed E-state index contributed by atoms with van der Waals surface area (Å²) in [4.78, 5) is 4.29. The molecule has 0 aliphatic carbocycles. The zero-order valence-electron chi connectivity index (χ0n) is 12.4. The highest BCUT2D eigenvalue weighted by atomic mass is 15.1. The van der Waals surface area contributed by atoms with Gasteiger partial charge in [-0.1, -0.05) is 40.0 Å². The van der Waals surface area contributed by atoms with Crippen molar-refractivity contribution in [3.63, 3.8) is 0 Å². The van der Waals surface area contributed by atoms with Gasteiger partial charge in [0.15, 0.2) is 0 Å². The second-order valence-corrected chi connectivity index (χ2v) is 5.66. The van der Waals surface area contributed by atoms with Gasteiger partial charge >= 0.3 is 0 Å². The molecule has 1 unspecified atom stereocenters. The minimum absolute atomic E-state index is 0.565. The topological polar surface area (TPSA) is 29.9 Å². The van der Waals surface area contributed by atoms with Crippen LogP contribution in [0.2, 0.25) is 0 Å². The van der Waals surface area contributed by atoms with Crippen molar-refractivity contribution in [2.45, 2.75) is 66.0 Å². The van der Waals surface area contributed by atoms with Crippen LogP contribution < -0.4 is 5.32 Å². The zero-order valence-corrected chi connectivity index (χ0v) is 12.4. The molecule has 0 aromatic carbocycles. The van der Waals surface area contributed by atoms with E-state index in [9.17, 15) is 0 Å². The van der Waals surface area contributed by atoms with Crippen molar-refractivity contribution < 1.29 is 0 Å². The van der Waals surface area contributed by atoms with Gasteiger partial charge in [-0.05, 0) is 25.8 Å². The standard InChI is InChI=1S/C15H29N3/c1-5-6-7-8-14(4)18-12-17-11-15(18)10-16-9-13(2)3/h11-14,16H,5-10H2,1-4H3. The Hall–Kier alpha value is -0.830. The van der Waals surface area contributed by atoms with Crippen LogP contribution in [-0.4, -0.2) is 16.1 Å². The summed E-state index contributed by atoms with van der Waals surface area (Å²) < 4.78 is 2.32. The Kier molecular flexibility index (Phi) is 7.02. The van der Waals surface area contributed by atoms with Gasteiger partial charge in [0.1, 0.15) is 0 Å². The van der Waals surface area contributed by atoms with Gasteiger partial charge in [-0.25, -0.2) is 4.98 Å². The Morgan fingerprint density at radius 2 is 2.06 bits per heavy atom. The maximum absolute atomic E-state index is 4.29. The van der Waals surface area contributed by atoms with E-state index in [-0.39, 0.29) is 0 Å². The average Bonchev–Trinajstić information content (AvgIpc) is 2.77. The smallest absolute Gasteiger partial charge is 0.0951 e. The van der Waals surface area contributed by atoms with Crippen molar-refractivity contribution in [3.8, 4) is 0 Å². The number of aromatic nitrogens is 2. The van der Waals surface area contributed by atoms with Crippen LogP contribution in [0.3, 0.4) is 0 Å². The summed E-state index contributed by atoms with van der Waals surface area (Å²) in [6, 6.07) is 0.565. The number of hydrogen-bond acceptors (Lipinski definition) is 2. The van der Waals surface area contributed by atoms with Crippen LogP contribution in [-0.2, 0) is 6.54 Å². The molecule has 1 aromatic heterocycles. The van der Waals surface area contributed by atoms with Crippen LogP contribution in [0.5, 0.6) is 0 Å². The van der Waals surface area contributed by atoms with Gasteiger partial charge in [0.2, 0.25) is 0 Å². The van der Waals surface area contributed by atoms with Crippen molar-refractivity contribution >= 4 is 0 Å². The number of imidazole rings is 1. The number of nitrogens with zero attached hydrogens (tertiary/aromatic N) is 2. The van der Waals surface area contributed by atoms with E-state index in [1.54, 1.807) is 0 Å². The molecular formula is C15H29N3. The molecule has 1 aromatic rings. The minimum Gasteiger partial charge on any atom is -0.331 e. The Bertz CT molecular complexity index is 317. The fourth-order valence-corrected chi connectivity index (χ4v) is 2.18. The Morgan fingerprint density at radius 3 is 2.72 bits per heavy atom. The summed E-state index contributed by atoms with van der Waals surface area (Å²) in [6.45, 7) is 11.0.